The predicted octanol–water partition coefficient (Wildman–Crippen LogP) is 2.94. The highest BCUT2D eigenvalue weighted by molar-refractivity contribution is 5.96. The summed E-state index contributed by atoms with van der Waals surface area (Å²) < 4.78 is 10.6. The van der Waals surface area contributed by atoms with Crippen molar-refractivity contribution in [1.82, 2.24) is 5.32 Å². The van der Waals surface area contributed by atoms with Gasteiger partial charge in [0, 0.05) is 24.7 Å². The maximum atomic E-state index is 12.3. The van der Waals surface area contributed by atoms with Gasteiger partial charge in [-0.05, 0) is 54.8 Å². The Balaban J connectivity index is 1.99. The standard InChI is InChI=1S/C20H24N2O4/c1-13-10-18(25-3)19(26-4)12-15(13)8-9-21-20(24)16-6-5-7-17(11-16)22-14(2)23/h5-7,10-12H,8-9H2,1-4H3,(H,21,24)(H,22,23). The Labute approximate surface area is 153 Å². The topological polar surface area (TPSA) is 76.7 Å². The van der Waals surface area contributed by atoms with Crippen molar-refractivity contribution in [2.24, 2.45) is 0 Å². The summed E-state index contributed by atoms with van der Waals surface area (Å²) in [7, 11) is 3.20. The van der Waals surface area contributed by atoms with Gasteiger partial charge in [0.25, 0.3) is 5.91 Å². The number of methoxy groups -OCH3 is 2. The average Bonchev–Trinajstić information content (AvgIpc) is 2.62. The summed E-state index contributed by atoms with van der Waals surface area (Å²) in [5.41, 5.74) is 3.25. The Morgan fingerprint density at radius 3 is 2.38 bits per heavy atom. The fraction of sp³-hybridized carbons (Fsp3) is 0.300. The van der Waals surface area contributed by atoms with Crippen molar-refractivity contribution in [2.75, 3.05) is 26.1 Å². The molecule has 0 fully saturated rings. The maximum absolute atomic E-state index is 12.3. The molecule has 0 spiro atoms. The first-order valence-corrected chi connectivity index (χ1v) is 8.32. The van der Waals surface area contributed by atoms with Gasteiger partial charge >= 0.3 is 0 Å². The molecule has 6 heteroatoms. The van der Waals surface area contributed by atoms with Crippen LogP contribution in [0.15, 0.2) is 36.4 Å². The highest BCUT2D eigenvalue weighted by Crippen LogP contribution is 2.30. The van der Waals surface area contributed by atoms with Gasteiger partial charge in [-0.3, -0.25) is 9.59 Å². The molecular formula is C20H24N2O4. The van der Waals surface area contributed by atoms with E-state index in [-0.39, 0.29) is 11.8 Å². The maximum Gasteiger partial charge on any atom is 0.251 e. The summed E-state index contributed by atoms with van der Waals surface area (Å²) in [6, 6.07) is 10.7. The van der Waals surface area contributed by atoms with Gasteiger partial charge in [0.1, 0.15) is 0 Å². The minimum Gasteiger partial charge on any atom is -0.493 e. The molecule has 0 aliphatic rings. The fourth-order valence-electron chi connectivity index (χ4n) is 2.65. The molecule has 0 heterocycles. The lowest BCUT2D eigenvalue weighted by Crippen LogP contribution is -2.26. The number of nitrogens with one attached hydrogen (secondary N) is 2. The molecule has 26 heavy (non-hydrogen) atoms. The smallest absolute Gasteiger partial charge is 0.251 e. The van der Waals surface area contributed by atoms with Crippen LogP contribution in [0.3, 0.4) is 0 Å². The number of benzene rings is 2. The van der Waals surface area contributed by atoms with Crippen LogP contribution < -0.4 is 20.1 Å². The van der Waals surface area contributed by atoms with Gasteiger partial charge in [-0.25, -0.2) is 0 Å². The van der Waals surface area contributed by atoms with Crippen LogP contribution in [-0.4, -0.2) is 32.6 Å². The zero-order valence-electron chi connectivity index (χ0n) is 15.5. The molecule has 0 aromatic heterocycles. The zero-order chi connectivity index (χ0) is 19.1. The third-order valence-electron chi connectivity index (χ3n) is 3.97. The second-order valence-corrected chi connectivity index (χ2v) is 5.90. The largest absolute Gasteiger partial charge is 0.493 e. The van der Waals surface area contributed by atoms with E-state index in [4.69, 9.17) is 9.47 Å². The van der Waals surface area contributed by atoms with Crippen molar-refractivity contribution < 1.29 is 19.1 Å². The van der Waals surface area contributed by atoms with E-state index in [9.17, 15) is 9.59 Å². The second-order valence-electron chi connectivity index (χ2n) is 5.90. The van der Waals surface area contributed by atoms with Crippen LogP contribution in [-0.2, 0) is 11.2 Å². The van der Waals surface area contributed by atoms with Gasteiger partial charge in [0.2, 0.25) is 5.91 Å². The Morgan fingerprint density at radius 1 is 1.04 bits per heavy atom. The molecule has 138 valence electrons. The van der Waals surface area contributed by atoms with Crippen LogP contribution in [0.4, 0.5) is 5.69 Å². The lowest BCUT2D eigenvalue weighted by atomic mass is 10.0. The van der Waals surface area contributed by atoms with Crippen molar-refractivity contribution in [3.63, 3.8) is 0 Å². The number of rotatable bonds is 7. The minimum absolute atomic E-state index is 0.175. The monoisotopic (exact) mass is 356 g/mol. The van der Waals surface area contributed by atoms with Gasteiger partial charge in [-0.1, -0.05) is 6.07 Å². The van der Waals surface area contributed by atoms with Crippen molar-refractivity contribution in [2.45, 2.75) is 20.3 Å². The van der Waals surface area contributed by atoms with E-state index in [0.717, 1.165) is 11.1 Å². The number of aryl methyl sites for hydroxylation is 1. The number of carbonyl (C=O) groups is 2. The fourth-order valence-corrected chi connectivity index (χ4v) is 2.65. The summed E-state index contributed by atoms with van der Waals surface area (Å²) in [6.07, 6.45) is 0.670. The molecule has 2 N–H and O–H groups in total. The first kappa shape index (κ1) is 19.3. The molecule has 0 aliphatic carbocycles. The molecule has 0 saturated heterocycles. The number of hydrogen-bond donors (Lipinski definition) is 2. The van der Waals surface area contributed by atoms with E-state index < -0.39 is 0 Å². The van der Waals surface area contributed by atoms with Crippen LogP contribution in [0.5, 0.6) is 11.5 Å². The molecule has 0 unspecified atom stereocenters. The Kier molecular flexibility index (Phi) is 6.60. The number of amides is 2. The predicted molar refractivity (Wildman–Crippen MR) is 101 cm³/mol. The molecule has 0 bridgehead atoms. The van der Waals surface area contributed by atoms with E-state index in [0.29, 0.717) is 35.7 Å². The van der Waals surface area contributed by atoms with Crippen LogP contribution in [0.2, 0.25) is 0 Å². The average molecular weight is 356 g/mol. The zero-order valence-corrected chi connectivity index (χ0v) is 15.5. The molecule has 0 radical (unpaired) electrons. The number of carbonyl (C=O) groups excluding carboxylic acids is 2. The Morgan fingerprint density at radius 2 is 1.73 bits per heavy atom. The number of anilines is 1. The number of ether oxygens (including phenoxy) is 2. The van der Waals surface area contributed by atoms with Gasteiger partial charge < -0.3 is 20.1 Å². The molecule has 2 aromatic carbocycles. The van der Waals surface area contributed by atoms with Crippen LogP contribution in [0.1, 0.15) is 28.4 Å². The molecule has 0 saturated carbocycles. The molecule has 2 amide bonds. The molecule has 0 atom stereocenters. The molecule has 2 rings (SSSR count). The van der Waals surface area contributed by atoms with E-state index in [2.05, 4.69) is 10.6 Å². The molecule has 0 aliphatic heterocycles. The van der Waals surface area contributed by atoms with Crippen LogP contribution in [0, 0.1) is 6.92 Å². The Hall–Kier alpha value is -3.02. The number of hydrogen-bond acceptors (Lipinski definition) is 4. The first-order chi connectivity index (χ1) is 12.4. The highest BCUT2D eigenvalue weighted by atomic mass is 16.5. The van der Waals surface area contributed by atoms with E-state index >= 15 is 0 Å². The van der Waals surface area contributed by atoms with E-state index in [1.807, 2.05) is 19.1 Å². The highest BCUT2D eigenvalue weighted by Gasteiger charge is 2.10. The lowest BCUT2D eigenvalue weighted by molar-refractivity contribution is -0.114. The van der Waals surface area contributed by atoms with Crippen LogP contribution in [0.25, 0.3) is 0 Å². The van der Waals surface area contributed by atoms with Gasteiger partial charge in [-0.2, -0.15) is 0 Å². The SMILES string of the molecule is COc1cc(C)c(CCNC(=O)c2cccc(NC(C)=O)c2)cc1OC. The molecule has 2 aromatic rings. The van der Waals surface area contributed by atoms with Gasteiger partial charge in [0.15, 0.2) is 11.5 Å². The minimum atomic E-state index is -0.185. The summed E-state index contributed by atoms with van der Waals surface area (Å²) in [4.78, 5) is 23.4. The normalized spacial score (nSPS) is 10.2. The lowest BCUT2D eigenvalue weighted by Gasteiger charge is -2.13. The van der Waals surface area contributed by atoms with Crippen molar-refractivity contribution in [3.8, 4) is 11.5 Å². The summed E-state index contributed by atoms with van der Waals surface area (Å²) >= 11 is 0. The van der Waals surface area contributed by atoms with E-state index in [1.54, 1.807) is 38.5 Å². The quantitative estimate of drug-likeness (QED) is 0.800. The summed E-state index contributed by atoms with van der Waals surface area (Å²) in [5.74, 6) is 0.997. The van der Waals surface area contributed by atoms with Crippen molar-refractivity contribution >= 4 is 17.5 Å². The van der Waals surface area contributed by atoms with Crippen molar-refractivity contribution in [3.05, 3.63) is 53.1 Å². The van der Waals surface area contributed by atoms with Gasteiger partial charge in [-0.15, -0.1) is 0 Å². The summed E-state index contributed by atoms with van der Waals surface area (Å²) in [6.45, 7) is 3.91. The third kappa shape index (κ3) is 4.99. The van der Waals surface area contributed by atoms with Crippen molar-refractivity contribution in [1.29, 1.82) is 0 Å². The summed E-state index contributed by atoms with van der Waals surface area (Å²) in [5, 5.41) is 5.57. The van der Waals surface area contributed by atoms with Crippen LogP contribution >= 0.6 is 0 Å². The molecular weight excluding hydrogens is 332 g/mol. The van der Waals surface area contributed by atoms with E-state index in [1.165, 1.54) is 6.92 Å². The first-order valence-electron chi connectivity index (χ1n) is 8.32. The molecule has 6 nitrogen and oxygen atoms in total. The van der Waals surface area contributed by atoms with Gasteiger partial charge in [0.05, 0.1) is 14.2 Å². The third-order valence-corrected chi connectivity index (χ3v) is 3.97. The Bertz CT molecular complexity index is 802. The second kappa shape index (κ2) is 8.89.